The summed E-state index contributed by atoms with van der Waals surface area (Å²) in [5, 5.41) is 3.38. The zero-order valence-electron chi connectivity index (χ0n) is 11.7. The Hall–Kier alpha value is -1.09. The summed E-state index contributed by atoms with van der Waals surface area (Å²) in [7, 11) is 0. The third kappa shape index (κ3) is 3.70. The van der Waals surface area contributed by atoms with Crippen molar-refractivity contribution >= 4 is 5.69 Å². The standard InChI is InChI=1S/C14H25N3/c1-6-15-9-13-10-16-12(5)8-14(13)17(7-2)11(3)4/h8,10-11,15H,6-7,9H2,1-5H3. The first-order valence-electron chi connectivity index (χ1n) is 6.53. The van der Waals surface area contributed by atoms with E-state index in [1.807, 2.05) is 6.20 Å². The summed E-state index contributed by atoms with van der Waals surface area (Å²) in [5.74, 6) is 0. The highest BCUT2D eigenvalue weighted by Crippen LogP contribution is 2.22. The highest BCUT2D eigenvalue weighted by Gasteiger charge is 2.13. The molecule has 1 aromatic heterocycles. The molecule has 0 saturated heterocycles. The minimum Gasteiger partial charge on any atom is -0.369 e. The average Bonchev–Trinajstić information content (AvgIpc) is 2.28. The largest absolute Gasteiger partial charge is 0.369 e. The Kier molecular flexibility index (Phi) is 5.42. The summed E-state index contributed by atoms with van der Waals surface area (Å²) in [6.07, 6.45) is 2.00. The van der Waals surface area contributed by atoms with Gasteiger partial charge in [0.1, 0.15) is 0 Å². The summed E-state index contributed by atoms with van der Waals surface area (Å²) >= 11 is 0. The minimum absolute atomic E-state index is 0.516. The molecule has 0 fully saturated rings. The Bertz CT molecular complexity index is 347. The highest BCUT2D eigenvalue weighted by atomic mass is 15.2. The molecule has 1 N–H and O–H groups in total. The topological polar surface area (TPSA) is 28.2 Å². The van der Waals surface area contributed by atoms with Crippen LogP contribution in [0.4, 0.5) is 5.69 Å². The van der Waals surface area contributed by atoms with Gasteiger partial charge in [-0.1, -0.05) is 6.92 Å². The maximum atomic E-state index is 4.40. The van der Waals surface area contributed by atoms with Crippen LogP contribution >= 0.6 is 0 Å². The Morgan fingerprint density at radius 2 is 2.06 bits per heavy atom. The number of pyridine rings is 1. The van der Waals surface area contributed by atoms with E-state index in [0.29, 0.717) is 6.04 Å². The molecule has 0 aromatic carbocycles. The number of nitrogens with zero attached hydrogens (tertiary/aromatic N) is 2. The van der Waals surface area contributed by atoms with Crippen molar-refractivity contribution in [2.75, 3.05) is 18.0 Å². The van der Waals surface area contributed by atoms with Gasteiger partial charge in [-0.15, -0.1) is 0 Å². The van der Waals surface area contributed by atoms with E-state index in [2.05, 4.69) is 55.9 Å². The molecule has 3 nitrogen and oxygen atoms in total. The van der Waals surface area contributed by atoms with Crippen molar-refractivity contribution in [2.45, 2.75) is 47.2 Å². The van der Waals surface area contributed by atoms with Gasteiger partial charge >= 0.3 is 0 Å². The third-order valence-corrected chi connectivity index (χ3v) is 2.94. The van der Waals surface area contributed by atoms with E-state index in [0.717, 1.165) is 25.3 Å². The second kappa shape index (κ2) is 6.60. The number of hydrogen-bond donors (Lipinski definition) is 1. The molecule has 0 bridgehead atoms. The van der Waals surface area contributed by atoms with E-state index >= 15 is 0 Å². The van der Waals surface area contributed by atoms with Crippen LogP contribution in [0.3, 0.4) is 0 Å². The van der Waals surface area contributed by atoms with E-state index in [4.69, 9.17) is 0 Å². The average molecular weight is 235 g/mol. The van der Waals surface area contributed by atoms with Crippen LogP contribution in [0.25, 0.3) is 0 Å². The van der Waals surface area contributed by atoms with Gasteiger partial charge in [-0.3, -0.25) is 4.98 Å². The molecule has 0 saturated carbocycles. The summed E-state index contributed by atoms with van der Waals surface area (Å²) in [5.41, 5.74) is 3.68. The second-order valence-corrected chi connectivity index (χ2v) is 4.61. The van der Waals surface area contributed by atoms with Crippen molar-refractivity contribution < 1.29 is 0 Å². The van der Waals surface area contributed by atoms with Crippen LogP contribution in [0.2, 0.25) is 0 Å². The van der Waals surface area contributed by atoms with E-state index < -0.39 is 0 Å². The summed E-state index contributed by atoms with van der Waals surface area (Å²) in [6.45, 7) is 13.7. The van der Waals surface area contributed by atoms with Crippen molar-refractivity contribution in [1.82, 2.24) is 10.3 Å². The fourth-order valence-corrected chi connectivity index (χ4v) is 2.05. The van der Waals surface area contributed by atoms with Crippen molar-refractivity contribution in [2.24, 2.45) is 0 Å². The zero-order chi connectivity index (χ0) is 12.8. The molecule has 1 rings (SSSR count). The molecule has 0 radical (unpaired) electrons. The Morgan fingerprint density at radius 3 is 2.59 bits per heavy atom. The summed E-state index contributed by atoms with van der Waals surface area (Å²) in [6, 6.07) is 2.71. The quantitative estimate of drug-likeness (QED) is 0.821. The van der Waals surface area contributed by atoms with Gasteiger partial charge in [-0.05, 0) is 40.3 Å². The zero-order valence-corrected chi connectivity index (χ0v) is 11.7. The number of nitrogens with one attached hydrogen (secondary N) is 1. The highest BCUT2D eigenvalue weighted by molar-refractivity contribution is 5.54. The van der Waals surface area contributed by atoms with Crippen LogP contribution in [0.5, 0.6) is 0 Å². The van der Waals surface area contributed by atoms with Crippen LogP contribution in [0.1, 0.15) is 39.0 Å². The fraction of sp³-hybridized carbons (Fsp3) is 0.643. The van der Waals surface area contributed by atoms with Gasteiger partial charge < -0.3 is 10.2 Å². The van der Waals surface area contributed by atoms with Gasteiger partial charge in [0.05, 0.1) is 0 Å². The van der Waals surface area contributed by atoms with Crippen molar-refractivity contribution in [1.29, 1.82) is 0 Å². The van der Waals surface area contributed by atoms with Gasteiger partial charge in [0, 0.05) is 42.3 Å². The van der Waals surface area contributed by atoms with Crippen LogP contribution in [-0.4, -0.2) is 24.1 Å². The maximum absolute atomic E-state index is 4.40. The van der Waals surface area contributed by atoms with Gasteiger partial charge in [0.15, 0.2) is 0 Å². The van der Waals surface area contributed by atoms with E-state index in [1.54, 1.807) is 0 Å². The van der Waals surface area contributed by atoms with E-state index in [1.165, 1.54) is 11.3 Å². The van der Waals surface area contributed by atoms with Gasteiger partial charge in [0.25, 0.3) is 0 Å². The third-order valence-electron chi connectivity index (χ3n) is 2.94. The van der Waals surface area contributed by atoms with Gasteiger partial charge in [-0.25, -0.2) is 0 Å². The Morgan fingerprint density at radius 1 is 1.35 bits per heavy atom. The molecule has 96 valence electrons. The molecular weight excluding hydrogens is 210 g/mol. The van der Waals surface area contributed by atoms with Crippen molar-refractivity contribution in [3.05, 3.63) is 23.5 Å². The second-order valence-electron chi connectivity index (χ2n) is 4.61. The molecule has 0 atom stereocenters. The number of aryl methyl sites for hydroxylation is 1. The molecule has 0 spiro atoms. The lowest BCUT2D eigenvalue weighted by Crippen LogP contribution is -2.32. The molecule has 0 amide bonds. The molecular formula is C14H25N3. The van der Waals surface area contributed by atoms with Crippen molar-refractivity contribution in [3.8, 4) is 0 Å². The first-order chi connectivity index (χ1) is 8.10. The molecule has 0 aliphatic rings. The Labute approximate surface area is 105 Å². The number of hydrogen-bond acceptors (Lipinski definition) is 3. The lowest BCUT2D eigenvalue weighted by molar-refractivity contribution is 0.681. The predicted molar refractivity (Wildman–Crippen MR) is 74.5 cm³/mol. The molecule has 0 aliphatic heterocycles. The molecule has 3 heteroatoms. The maximum Gasteiger partial charge on any atom is 0.0447 e. The lowest BCUT2D eigenvalue weighted by Gasteiger charge is -2.30. The number of anilines is 1. The van der Waals surface area contributed by atoms with Crippen LogP contribution in [0, 0.1) is 6.92 Å². The minimum atomic E-state index is 0.516. The number of aromatic nitrogens is 1. The van der Waals surface area contributed by atoms with Crippen LogP contribution < -0.4 is 10.2 Å². The van der Waals surface area contributed by atoms with E-state index in [9.17, 15) is 0 Å². The SMILES string of the molecule is CCNCc1cnc(C)cc1N(CC)C(C)C. The van der Waals surface area contributed by atoms with Gasteiger partial charge in [0.2, 0.25) is 0 Å². The lowest BCUT2D eigenvalue weighted by atomic mass is 10.1. The number of rotatable bonds is 6. The molecule has 0 unspecified atom stereocenters. The summed E-state index contributed by atoms with van der Waals surface area (Å²) < 4.78 is 0. The molecule has 1 aromatic rings. The first kappa shape index (κ1) is 14.0. The molecule has 0 aliphatic carbocycles. The molecule has 1 heterocycles. The van der Waals surface area contributed by atoms with E-state index in [-0.39, 0.29) is 0 Å². The smallest absolute Gasteiger partial charge is 0.0447 e. The van der Waals surface area contributed by atoms with Gasteiger partial charge in [-0.2, -0.15) is 0 Å². The Balaban J connectivity index is 3.04. The summed E-state index contributed by atoms with van der Waals surface area (Å²) in [4.78, 5) is 6.82. The fourth-order valence-electron chi connectivity index (χ4n) is 2.05. The van der Waals surface area contributed by atoms with Crippen molar-refractivity contribution in [3.63, 3.8) is 0 Å². The normalized spacial score (nSPS) is 10.9. The van der Waals surface area contributed by atoms with Crippen LogP contribution in [0.15, 0.2) is 12.3 Å². The monoisotopic (exact) mass is 235 g/mol. The van der Waals surface area contributed by atoms with Crippen LogP contribution in [-0.2, 0) is 6.54 Å². The molecule has 17 heavy (non-hydrogen) atoms. The first-order valence-corrected chi connectivity index (χ1v) is 6.53. The predicted octanol–water partition coefficient (Wildman–Crippen LogP) is 2.73.